The van der Waals surface area contributed by atoms with Gasteiger partial charge < -0.3 is 21.1 Å². The maximum Gasteiger partial charge on any atom is 0.159 e. The fourth-order valence-corrected chi connectivity index (χ4v) is 2.96. The molecule has 7 nitrogen and oxygen atoms in total. The number of methoxy groups -OCH3 is 1. The van der Waals surface area contributed by atoms with E-state index in [1.807, 2.05) is 61.5 Å². The van der Waals surface area contributed by atoms with Crippen LogP contribution in [0.25, 0.3) is 10.9 Å². The lowest BCUT2D eigenvalue weighted by atomic mass is 10.1. The first kappa shape index (κ1) is 17.5. The van der Waals surface area contributed by atoms with Gasteiger partial charge in [-0.1, -0.05) is 18.2 Å². The normalized spacial score (nSPS) is 10.6. The predicted octanol–water partition coefficient (Wildman–Crippen LogP) is 4.41. The van der Waals surface area contributed by atoms with Gasteiger partial charge in [-0.2, -0.15) is 0 Å². The van der Waals surface area contributed by atoms with E-state index < -0.39 is 0 Å². The highest BCUT2D eigenvalue weighted by Gasteiger charge is 2.12. The van der Waals surface area contributed by atoms with Gasteiger partial charge in [-0.25, -0.2) is 9.97 Å². The molecule has 7 heteroatoms. The summed E-state index contributed by atoms with van der Waals surface area (Å²) in [6.45, 7) is 1.97. The molecule has 0 aliphatic heterocycles. The number of para-hydroxylation sites is 2. The van der Waals surface area contributed by atoms with Crippen molar-refractivity contribution in [3.05, 3.63) is 66.6 Å². The first-order valence-corrected chi connectivity index (χ1v) is 8.79. The summed E-state index contributed by atoms with van der Waals surface area (Å²) in [5, 5.41) is 7.50. The Hall–Kier alpha value is -3.87. The zero-order valence-electron chi connectivity index (χ0n) is 15.6. The number of hydrogen-bond donors (Lipinski definition) is 3. The molecule has 140 valence electrons. The standard InChI is InChI=1S/C21H20N6O/c1-13-10-11-14-15(25-13)7-5-8-16(14)26-20-19(22)21(24-12-23-20)27-17-6-3-4-9-18(17)28-2/h3-12H,22H2,1-2H3,(H2,23,24,26,27). The van der Waals surface area contributed by atoms with E-state index in [4.69, 9.17) is 10.5 Å². The van der Waals surface area contributed by atoms with Gasteiger partial charge in [0.2, 0.25) is 0 Å². The number of nitrogen functional groups attached to an aromatic ring is 1. The lowest BCUT2D eigenvalue weighted by Crippen LogP contribution is -2.06. The summed E-state index contributed by atoms with van der Waals surface area (Å²) in [5.41, 5.74) is 10.3. The zero-order valence-corrected chi connectivity index (χ0v) is 15.6. The number of rotatable bonds is 5. The van der Waals surface area contributed by atoms with Gasteiger partial charge in [-0.3, -0.25) is 4.98 Å². The summed E-state index contributed by atoms with van der Waals surface area (Å²) in [4.78, 5) is 13.1. The minimum Gasteiger partial charge on any atom is -0.495 e. The highest BCUT2D eigenvalue weighted by atomic mass is 16.5. The predicted molar refractivity (Wildman–Crippen MR) is 112 cm³/mol. The summed E-state index contributed by atoms with van der Waals surface area (Å²) in [6.07, 6.45) is 1.46. The molecule has 2 aromatic carbocycles. The molecular formula is C21H20N6O. The molecule has 4 rings (SSSR count). The molecule has 0 unspecified atom stereocenters. The SMILES string of the molecule is COc1ccccc1Nc1ncnc(Nc2cccc3nc(C)ccc23)c1N. The molecule has 2 heterocycles. The molecule has 4 aromatic rings. The molecule has 0 bridgehead atoms. The highest BCUT2D eigenvalue weighted by Crippen LogP contribution is 2.33. The molecule has 0 fully saturated rings. The largest absolute Gasteiger partial charge is 0.495 e. The molecule has 0 aliphatic rings. The van der Waals surface area contributed by atoms with Gasteiger partial charge in [0.15, 0.2) is 11.6 Å². The second kappa shape index (κ2) is 7.40. The van der Waals surface area contributed by atoms with Gasteiger partial charge in [0.05, 0.1) is 18.3 Å². The van der Waals surface area contributed by atoms with Crippen LogP contribution in [0.15, 0.2) is 60.9 Å². The van der Waals surface area contributed by atoms with Crippen LogP contribution < -0.4 is 21.1 Å². The van der Waals surface area contributed by atoms with Crippen molar-refractivity contribution in [3.63, 3.8) is 0 Å². The maximum absolute atomic E-state index is 6.33. The fourth-order valence-electron chi connectivity index (χ4n) is 2.96. The van der Waals surface area contributed by atoms with Crippen molar-refractivity contribution in [1.82, 2.24) is 15.0 Å². The number of pyridine rings is 1. The number of aromatic nitrogens is 3. The summed E-state index contributed by atoms with van der Waals surface area (Å²) in [7, 11) is 1.62. The van der Waals surface area contributed by atoms with Crippen molar-refractivity contribution in [2.45, 2.75) is 6.92 Å². The summed E-state index contributed by atoms with van der Waals surface area (Å²) in [6, 6.07) is 17.5. The Kier molecular flexibility index (Phi) is 4.63. The third-order valence-corrected chi connectivity index (χ3v) is 4.37. The van der Waals surface area contributed by atoms with Crippen LogP contribution in [-0.2, 0) is 0 Å². The zero-order chi connectivity index (χ0) is 19.5. The Morgan fingerprint density at radius 2 is 1.57 bits per heavy atom. The Bertz CT molecular complexity index is 1140. The van der Waals surface area contributed by atoms with Gasteiger partial charge in [0.25, 0.3) is 0 Å². The van der Waals surface area contributed by atoms with Crippen molar-refractivity contribution < 1.29 is 4.74 Å². The quantitative estimate of drug-likeness (QED) is 0.477. The number of nitrogens with one attached hydrogen (secondary N) is 2. The Morgan fingerprint density at radius 1 is 0.857 bits per heavy atom. The van der Waals surface area contributed by atoms with Crippen LogP contribution in [0.1, 0.15) is 5.69 Å². The lowest BCUT2D eigenvalue weighted by molar-refractivity contribution is 0.417. The molecule has 4 N–H and O–H groups in total. The van der Waals surface area contributed by atoms with Crippen molar-refractivity contribution in [2.75, 3.05) is 23.5 Å². The molecule has 0 spiro atoms. The number of ether oxygens (including phenoxy) is 1. The minimum absolute atomic E-state index is 0.408. The van der Waals surface area contributed by atoms with Crippen LogP contribution in [0.2, 0.25) is 0 Å². The topological polar surface area (TPSA) is 98.0 Å². The van der Waals surface area contributed by atoms with E-state index in [0.717, 1.165) is 28.0 Å². The van der Waals surface area contributed by atoms with Gasteiger partial charge in [0.1, 0.15) is 17.8 Å². The lowest BCUT2D eigenvalue weighted by Gasteiger charge is -2.15. The maximum atomic E-state index is 6.33. The molecule has 2 aromatic heterocycles. The van der Waals surface area contributed by atoms with Crippen LogP contribution in [0.4, 0.5) is 28.7 Å². The van der Waals surface area contributed by atoms with Crippen molar-refractivity contribution in [2.24, 2.45) is 0 Å². The van der Waals surface area contributed by atoms with Gasteiger partial charge in [-0.15, -0.1) is 0 Å². The molecule has 0 radical (unpaired) electrons. The third-order valence-electron chi connectivity index (χ3n) is 4.37. The van der Waals surface area contributed by atoms with E-state index >= 15 is 0 Å². The number of nitrogens with two attached hydrogens (primary N) is 1. The number of anilines is 5. The molecule has 0 amide bonds. The number of fused-ring (bicyclic) bond motifs is 1. The molecule has 0 atom stereocenters. The monoisotopic (exact) mass is 372 g/mol. The molecule has 0 saturated heterocycles. The molecular weight excluding hydrogens is 352 g/mol. The van der Waals surface area contributed by atoms with E-state index in [9.17, 15) is 0 Å². The van der Waals surface area contributed by atoms with E-state index in [-0.39, 0.29) is 0 Å². The average molecular weight is 372 g/mol. The smallest absolute Gasteiger partial charge is 0.159 e. The van der Waals surface area contributed by atoms with Crippen LogP contribution >= 0.6 is 0 Å². The van der Waals surface area contributed by atoms with Crippen LogP contribution in [0.3, 0.4) is 0 Å². The number of aryl methyl sites for hydroxylation is 1. The fraction of sp³-hybridized carbons (Fsp3) is 0.0952. The van der Waals surface area contributed by atoms with Crippen LogP contribution in [-0.4, -0.2) is 22.1 Å². The summed E-state index contributed by atoms with van der Waals surface area (Å²) >= 11 is 0. The van der Waals surface area contributed by atoms with Gasteiger partial charge >= 0.3 is 0 Å². The van der Waals surface area contributed by atoms with Crippen LogP contribution in [0.5, 0.6) is 5.75 Å². The molecule has 0 saturated carbocycles. The highest BCUT2D eigenvalue weighted by molar-refractivity contribution is 5.94. The van der Waals surface area contributed by atoms with E-state index in [1.54, 1.807) is 7.11 Å². The van der Waals surface area contributed by atoms with E-state index in [0.29, 0.717) is 23.1 Å². The van der Waals surface area contributed by atoms with Crippen molar-refractivity contribution in [3.8, 4) is 5.75 Å². The number of hydrogen-bond acceptors (Lipinski definition) is 7. The Morgan fingerprint density at radius 3 is 2.36 bits per heavy atom. The Balaban J connectivity index is 1.68. The first-order chi connectivity index (χ1) is 13.7. The third kappa shape index (κ3) is 3.37. The second-order valence-electron chi connectivity index (χ2n) is 6.26. The van der Waals surface area contributed by atoms with E-state index in [2.05, 4.69) is 25.6 Å². The Labute approximate surface area is 162 Å². The average Bonchev–Trinajstić information content (AvgIpc) is 2.71. The van der Waals surface area contributed by atoms with Gasteiger partial charge in [0, 0.05) is 16.8 Å². The van der Waals surface area contributed by atoms with E-state index in [1.165, 1.54) is 6.33 Å². The first-order valence-electron chi connectivity index (χ1n) is 8.79. The van der Waals surface area contributed by atoms with Crippen molar-refractivity contribution >= 4 is 39.6 Å². The second-order valence-corrected chi connectivity index (χ2v) is 6.26. The number of nitrogens with zero attached hydrogens (tertiary/aromatic N) is 3. The van der Waals surface area contributed by atoms with Crippen LogP contribution in [0, 0.1) is 6.92 Å². The minimum atomic E-state index is 0.408. The molecule has 28 heavy (non-hydrogen) atoms. The van der Waals surface area contributed by atoms with Crippen molar-refractivity contribution in [1.29, 1.82) is 0 Å². The molecule has 0 aliphatic carbocycles. The number of benzene rings is 2. The van der Waals surface area contributed by atoms with Gasteiger partial charge in [-0.05, 0) is 43.3 Å². The summed E-state index contributed by atoms with van der Waals surface area (Å²) < 4.78 is 5.37. The summed E-state index contributed by atoms with van der Waals surface area (Å²) in [5.74, 6) is 1.71.